The number of rotatable bonds is 1. The Morgan fingerprint density at radius 3 is 2.78 bits per heavy atom. The Morgan fingerprint density at radius 1 is 1.89 bits per heavy atom. The van der Waals surface area contributed by atoms with Crippen molar-refractivity contribution in [2.24, 2.45) is 5.73 Å². The Labute approximate surface area is 59.4 Å². The molecule has 0 saturated carbocycles. The number of nitrogens with one attached hydrogen (secondary N) is 2. The maximum atomic E-state index is 5.54. The second-order valence-electron chi connectivity index (χ2n) is 1.81. The van der Waals surface area contributed by atoms with E-state index in [2.05, 4.69) is 10.9 Å². The monoisotopic (exact) mass is 146 g/mol. The van der Waals surface area contributed by atoms with Crippen molar-refractivity contribution in [3.05, 3.63) is 0 Å². The number of hydrogen-bond donors (Lipinski definition) is 3. The molecule has 1 heterocycles. The van der Waals surface area contributed by atoms with Crippen molar-refractivity contribution in [2.45, 2.75) is 13.2 Å². The van der Waals surface area contributed by atoms with E-state index in [0.29, 0.717) is 5.11 Å². The van der Waals surface area contributed by atoms with Gasteiger partial charge < -0.3 is 4.90 Å². The van der Waals surface area contributed by atoms with Gasteiger partial charge in [0.15, 0.2) is 11.4 Å². The van der Waals surface area contributed by atoms with Gasteiger partial charge >= 0.3 is 0 Å². The largest absolute Gasteiger partial charge is 0.319 e. The van der Waals surface area contributed by atoms with E-state index >= 15 is 0 Å². The average Bonchev–Trinajstić information content (AvgIpc) is 2.12. The molecule has 9 heavy (non-hydrogen) atoms. The first kappa shape index (κ1) is 6.73. The third-order valence-electron chi connectivity index (χ3n) is 1.26. The van der Waals surface area contributed by atoms with Crippen molar-refractivity contribution in [3.63, 3.8) is 0 Å². The molecule has 0 aromatic carbocycles. The van der Waals surface area contributed by atoms with E-state index < -0.39 is 0 Å². The molecule has 1 saturated heterocycles. The van der Waals surface area contributed by atoms with Crippen molar-refractivity contribution in [2.75, 3.05) is 6.54 Å². The number of nitrogens with two attached hydrogens (primary N) is 1. The van der Waals surface area contributed by atoms with Crippen LogP contribution in [0, 0.1) is 0 Å². The number of hydrogen-bond acceptors (Lipinski definition) is 3. The number of nitrogens with zero attached hydrogens (tertiary/aromatic N) is 1. The van der Waals surface area contributed by atoms with Crippen LogP contribution in [0.15, 0.2) is 0 Å². The zero-order chi connectivity index (χ0) is 6.85. The molecule has 0 amide bonds. The van der Waals surface area contributed by atoms with E-state index in [0.717, 1.165) is 6.54 Å². The van der Waals surface area contributed by atoms with Gasteiger partial charge in [0.2, 0.25) is 0 Å². The minimum absolute atomic E-state index is 0.164. The summed E-state index contributed by atoms with van der Waals surface area (Å²) < 4.78 is 0. The Balaban J connectivity index is 2.55. The summed E-state index contributed by atoms with van der Waals surface area (Å²) in [5.74, 6) is 0. The fourth-order valence-electron chi connectivity index (χ4n) is 0.752. The predicted molar refractivity (Wildman–Crippen MR) is 39.2 cm³/mol. The highest BCUT2D eigenvalue weighted by Gasteiger charge is 2.21. The van der Waals surface area contributed by atoms with Crippen LogP contribution in [0.4, 0.5) is 0 Å². The molecule has 1 unspecified atom stereocenters. The number of thiocarbonyl (C=S) groups is 1. The average molecular weight is 146 g/mol. The molecule has 0 aromatic heterocycles. The molecule has 1 rings (SSSR count). The summed E-state index contributed by atoms with van der Waals surface area (Å²) in [6, 6.07) is 0. The van der Waals surface area contributed by atoms with Crippen LogP contribution in [-0.4, -0.2) is 22.8 Å². The van der Waals surface area contributed by atoms with Gasteiger partial charge in [0.05, 0.1) is 0 Å². The molecule has 0 spiro atoms. The molecule has 4 N–H and O–H groups in total. The third kappa shape index (κ3) is 1.12. The summed E-state index contributed by atoms with van der Waals surface area (Å²) >= 11 is 4.89. The second kappa shape index (κ2) is 2.47. The molecule has 5 heteroatoms. The molecular formula is C4H10N4S. The third-order valence-corrected chi connectivity index (χ3v) is 1.60. The van der Waals surface area contributed by atoms with Crippen molar-refractivity contribution < 1.29 is 0 Å². The molecular weight excluding hydrogens is 136 g/mol. The van der Waals surface area contributed by atoms with E-state index in [-0.39, 0.29) is 6.29 Å². The van der Waals surface area contributed by atoms with Crippen LogP contribution in [-0.2, 0) is 0 Å². The summed E-state index contributed by atoms with van der Waals surface area (Å²) in [5, 5.41) is 0.671. The van der Waals surface area contributed by atoms with E-state index in [1.165, 1.54) is 0 Å². The molecule has 1 aliphatic heterocycles. The van der Waals surface area contributed by atoms with Crippen LogP contribution >= 0.6 is 12.2 Å². The van der Waals surface area contributed by atoms with Crippen molar-refractivity contribution >= 4 is 17.3 Å². The molecule has 0 bridgehead atoms. The first-order valence-corrected chi connectivity index (χ1v) is 3.24. The van der Waals surface area contributed by atoms with Gasteiger partial charge in [-0.25, -0.2) is 0 Å². The van der Waals surface area contributed by atoms with Gasteiger partial charge in [0.1, 0.15) is 0 Å². The molecule has 4 nitrogen and oxygen atoms in total. The van der Waals surface area contributed by atoms with Crippen LogP contribution < -0.4 is 16.6 Å². The summed E-state index contributed by atoms with van der Waals surface area (Å²) in [6.07, 6.45) is -0.164. The predicted octanol–water partition coefficient (Wildman–Crippen LogP) is -1.06. The summed E-state index contributed by atoms with van der Waals surface area (Å²) in [6.45, 7) is 2.83. The fourth-order valence-corrected chi connectivity index (χ4v) is 1.05. The van der Waals surface area contributed by atoms with Crippen LogP contribution in [0.25, 0.3) is 0 Å². The van der Waals surface area contributed by atoms with E-state index in [1.807, 2.05) is 11.8 Å². The van der Waals surface area contributed by atoms with Crippen LogP contribution in [0.3, 0.4) is 0 Å². The zero-order valence-electron chi connectivity index (χ0n) is 5.22. The van der Waals surface area contributed by atoms with Gasteiger partial charge in [0.25, 0.3) is 0 Å². The Morgan fingerprint density at radius 2 is 2.56 bits per heavy atom. The molecule has 1 atom stereocenters. The highest BCUT2D eigenvalue weighted by atomic mass is 32.1. The number of hydrazine groups is 1. The Hall–Kier alpha value is -0.390. The first-order valence-electron chi connectivity index (χ1n) is 2.83. The SMILES string of the molecule is CCN1C(=S)NNC1N. The lowest BCUT2D eigenvalue weighted by molar-refractivity contribution is 0.330. The van der Waals surface area contributed by atoms with Gasteiger partial charge in [-0.15, -0.1) is 0 Å². The lowest BCUT2D eigenvalue weighted by atomic mass is 10.6. The van der Waals surface area contributed by atoms with Gasteiger partial charge in [-0.1, -0.05) is 0 Å². The van der Waals surface area contributed by atoms with Crippen molar-refractivity contribution in [1.82, 2.24) is 15.8 Å². The minimum atomic E-state index is -0.164. The van der Waals surface area contributed by atoms with Gasteiger partial charge in [-0.3, -0.25) is 11.2 Å². The Kier molecular flexibility index (Phi) is 1.84. The van der Waals surface area contributed by atoms with Crippen molar-refractivity contribution in [1.29, 1.82) is 0 Å². The van der Waals surface area contributed by atoms with Gasteiger partial charge in [-0.05, 0) is 19.1 Å². The Bertz CT molecular complexity index is 126. The normalized spacial score (nSPS) is 26.7. The maximum absolute atomic E-state index is 5.54. The lowest BCUT2D eigenvalue weighted by Crippen LogP contribution is -2.44. The lowest BCUT2D eigenvalue weighted by Gasteiger charge is -2.17. The van der Waals surface area contributed by atoms with Crippen LogP contribution in [0.5, 0.6) is 0 Å². The molecule has 1 fully saturated rings. The first-order chi connectivity index (χ1) is 4.25. The van der Waals surface area contributed by atoms with Crippen molar-refractivity contribution in [3.8, 4) is 0 Å². The molecule has 0 radical (unpaired) electrons. The summed E-state index contributed by atoms with van der Waals surface area (Å²) in [5.41, 5.74) is 11.1. The second-order valence-corrected chi connectivity index (χ2v) is 2.19. The summed E-state index contributed by atoms with van der Waals surface area (Å²) in [4.78, 5) is 1.86. The molecule has 0 aliphatic carbocycles. The smallest absolute Gasteiger partial charge is 0.185 e. The topological polar surface area (TPSA) is 53.3 Å². The zero-order valence-corrected chi connectivity index (χ0v) is 6.03. The quantitative estimate of drug-likeness (QED) is 0.412. The molecule has 1 aliphatic rings. The van der Waals surface area contributed by atoms with E-state index in [1.54, 1.807) is 0 Å². The molecule has 52 valence electrons. The standard InChI is InChI=1S/C4H10N4S/c1-2-8-3(5)6-7-4(8)9/h3,6H,2,5H2,1H3,(H,7,9). The van der Waals surface area contributed by atoms with E-state index in [9.17, 15) is 0 Å². The highest BCUT2D eigenvalue weighted by molar-refractivity contribution is 7.80. The maximum Gasteiger partial charge on any atom is 0.185 e. The summed E-state index contributed by atoms with van der Waals surface area (Å²) in [7, 11) is 0. The van der Waals surface area contributed by atoms with Crippen LogP contribution in [0.2, 0.25) is 0 Å². The fraction of sp³-hybridized carbons (Fsp3) is 0.750. The minimum Gasteiger partial charge on any atom is -0.319 e. The molecule has 0 aromatic rings. The van der Waals surface area contributed by atoms with Crippen LogP contribution in [0.1, 0.15) is 6.92 Å². The van der Waals surface area contributed by atoms with E-state index in [4.69, 9.17) is 18.0 Å². The van der Waals surface area contributed by atoms with Gasteiger partial charge in [-0.2, -0.15) is 5.43 Å². The highest BCUT2D eigenvalue weighted by Crippen LogP contribution is 1.95. The van der Waals surface area contributed by atoms with Gasteiger partial charge in [0, 0.05) is 6.54 Å².